The number of pyridine rings is 1. The SMILES string of the molecule is O=C(CCC(C(=O)[O-])N1CCN(C(CCC(=O)Nc2c(Br)cc(Br)c(C(=O)N(CC(O)CO)CC(O)C(O)C(O)C(O)CO)c2Br)C(=O)[O-])Cc2cccc(n2)CN(C(CCC(=O)Nc2c(Br)cc(Br)c(C(=O)N(CC(O)CO)CC(O)C(O)C(O)C(O)CO)c2Br)C(=O)[O-])CC1)Nc1c(Br)cc(Br)c(C(=O)N(CC(O)CO)CC(O)C(O)C(O)C(O)CO)c1Br.[Gd+3]. The molecule has 6 amide bonds. The molecule has 53 heteroatoms. The summed E-state index contributed by atoms with van der Waals surface area (Å²) < 4.78 is -0.392. The zero-order valence-corrected chi connectivity index (χ0v) is 83.0. The number of nitrogens with zero attached hydrogens (tertiary/aromatic N) is 7. The van der Waals surface area contributed by atoms with Crippen LogP contribution in [0.2, 0.25) is 0 Å². The number of anilines is 3. The summed E-state index contributed by atoms with van der Waals surface area (Å²) in [5, 5.41) is 263. The average molecular weight is 2530 g/mol. The minimum atomic E-state index is -2.21. The molecule has 3 aromatic carbocycles. The van der Waals surface area contributed by atoms with Crippen LogP contribution in [-0.2, 0) is 41.9 Å². The molecule has 711 valence electrons. The molecule has 127 heavy (non-hydrogen) atoms. The van der Waals surface area contributed by atoms with Crippen molar-refractivity contribution in [1.29, 1.82) is 0 Å². The Morgan fingerprint density at radius 1 is 0.354 bits per heavy atom. The number of carboxylic acids is 3. The molecule has 0 spiro atoms. The Kier molecular flexibility index (Phi) is 50.9. The number of aliphatic carboxylic acids is 3. The molecule has 2 bridgehead atoms. The topological polar surface area (TPSA) is 716 Å². The van der Waals surface area contributed by atoms with Gasteiger partial charge in [-0.2, -0.15) is 0 Å². The largest absolute Gasteiger partial charge is 3.00 e. The second-order valence-electron chi connectivity index (χ2n) is 29.1. The van der Waals surface area contributed by atoms with Gasteiger partial charge in [-0.25, -0.2) is 0 Å². The predicted molar refractivity (Wildman–Crippen MR) is 466 cm³/mol. The third-order valence-corrected chi connectivity index (χ3v) is 26.1. The molecule has 2 heterocycles. The number of hydrogen-bond donors (Lipinski definition) is 24. The molecule has 4 aromatic rings. The summed E-state index contributed by atoms with van der Waals surface area (Å²) in [6.45, 7) is -13.7. The van der Waals surface area contributed by atoms with Crippen LogP contribution in [0.3, 0.4) is 0 Å². The normalized spacial score (nSPS) is 17.4. The minimum Gasteiger partial charge on any atom is -0.548 e. The summed E-state index contributed by atoms with van der Waals surface area (Å²) in [6, 6.07) is 2.77. The van der Waals surface area contributed by atoms with Gasteiger partial charge < -0.3 is 168 Å². The molecule has 1 radical (unpaired) electrons. The molecule has 18 unspecified atom stereocenters. The van der Waals surface area contributed by atoms with Gasteiger partial charge in [0.05, 0.1) is 147 Å². The maximum Gasteiger partial charge on any atom is 3.00 e. The molecule has 0 saturated heterocycles. The zero-order chi connectivity index (χ0) is 94.9. The molecule has 1 aliphatic rings. The van der Waals surface area contributed by atoms with Crippen molar-refractivity contribution in [1.82, 2.24) is 34.4 Å². The third kappa shape index (κ3) is 33.3. The van der Waals surface area contributed by atoms with Gasteiger partial charge in [0, 0.05) is 131 Å². The van der Waals surface area contributed by atoms with Gasteiger partial charge >= 0.3 is 39.9 Å². The molecule has 0 saturated carbocycles. The average Bonchev–Trinajstić information content (AvgIpc) is 0.793. The van der Waals surface area contributed by atoms with Gasteiger partial charge in [-0.1, -0.05) is 6.07 Å². The Morgan fingerprint density at radius 3 is 0.827 bits per heavy atom. The maximum atomic E-state index is 14.5. The van der Waals surface area contributed by atoms with Crippen molar-refractivity contribution in [3.8, 4) is 0 Å². The number of halogens is 9. The molecule has 18 atom stereocenters. The number of aliphatic hydroxyl groups excluding tert-OH is 21. The Morgan fingerprint density at radius 2 is 0.591 bits per heavy atom. The maximum absolute atomic E-state index is 14.5. The number of amides is 6. The number of rotatable bonds is 48. The Labute approximate surface area is 832 Å². The fourth-order valence-corrected chi connectivity index (χ4v) is 21.0. The summed E-state index contributed by atoms with van der Waals surface area (Å²) in [5.74, 6) is -11.4. The van der Waals surface area contributed by atoms with Crippen LogP contribution in [0.4, 0.5) is 17.1 Å². The first-order valence-corrected chi connectivity index (χ1v) is 45.2. The third-order valence-electron chi connectivity index (χ3n) is 19.9. The number of carbonyl (C=O) groups excluding carboxylic acids is 9. The predicted octanol–water partition coefficient (Wildman–Crippen LogP) is -6.83. The number of aliphatic hydroxyl groups is 21. The van der Waals surface area contributed by atoms with Gasteiger partial charge in [0.15, 0.2) is 0 Å². The standard InChI is InChI=1S/C74H99Br9N10O33.Gd/c75-36-14-39(78)60(57(81)54(36)69(118)91(19-33(100)25-94)22-45(103)63(112)66(115)48(106)28-97)85-51(109)7-4-42(72(121)122)88-10-12-89(43(73(123)124)5-8-52(110)86-61-40(79)15-37(76)55(58(61)82)70(119)92(20-34(101)26-95)23-46(104)64(113)67(116)49(107)29-98)17-31-2-1-3-32(84-31)18-90(13-11-88)44(74(125)126)6-9-53(111)87-62-41(80)16-38(77)56(59(62)83)71(120)93(21-35(102)27-96)24-47(105)65(114)68(117)50(108)30-99;/h1-3,14-16,33-35,42-50,63-68,94-108,112-117H,4-13,17-30H2,(H,85,109)(H,86,110)(H,87,111)(H,121,122)(H,123,124)(H,125,126);/q;+3/p-3. The van der Waals surface area contributed by atoms with Gasteiger partial charge in [0.1, 0.15) is 73.2 Å². The number of nitrogens with one attached hydrogen (secondary N) is 3. The summed E-state index contributed by atoms with van der Waals surface area (Å²) in [4.78, 5) is 138. The van der Waals surface area contributed by atoms with Gasteiger partial charge in [-0.05, 0) is 193 Å². The van der Waals surface area contributed by atoms with Crippen LogP contribution in [-0.4, -0.2) is 410 Å². The van der Waals surface area contributed by atoms with Crippen molar-refractivity contribution < 1.29 is 206 Å². The Balaban J connectivity index is 0.0000338. The zero-order valence-electron chi connectivity index (χ0n) is 66.5. The molecule has 5 rings (SSSR count). The summed E-state index contributed by atoms with van der Waals surface area (Å²) in [6.07, 6.45) is -34.1. The number of aromatic nitrogens is 1. The van der Waals surface area contributed by atoms with E-state index in [0.29, 0.717) is 0 Å². The van der Waals surface area contributed by atoms with Crippen LogP contribution in [0.5, 0.6) is 0 Å². The van der Waals surface area contributed by atoms with Gasteiger partial charge in [0.25, 0.3) is 17.7 Å². The molecule has 0 aliphatic carbocycles. The molecule has 1 aromatic heterocycles. The second-order valence-corrected chi connectivity index (χ2v) is 36.6. The van der Waals surface area contributed by atoms with Crippen LogP contribution in [0.1, 0.15) is 81.0 Å². The van der Waals surface area contributed by atoms with E-state index in [1.54, 1.807) is 0 Å². The van der Waals surface area contributed by atoms with Gasteiger partial charge in [-0.3, -0.25) is 48.5 Å². The van der Waals surface area contributed by atoms with Crippen molar-refractivity contribution >= 4 is 214 Å². The monoisotopic (exact) mass is 2520 g/mol. The van der Waals surface area contributed by atoms with E-state index >= 15 is 0 Å². The molecule has 0 fully saturated rings. The van der Waals surface area contributed by atoms with Gasteiger partial charge in [-0.15, -0.1) is 0 Å². The van der Waals surface area contributed by atoms with E-state index in [9.17, 15) is 166 Å². The number of carboxylic acid groups (broad SMARTS) is 3. The van der Waals surface area contributed by atoms with E-state index in [0.717, 1.165) is 14.7 Å². The molecule has 1 aliphatic heterocycles. The number of fused-ring (bicyclic) bond motifs is 2. The smallest absolute Gasteiger partial charge is 0.548 e. The molecule has 24 N–H and O–H groups in total. The van der Waals surface area contributed by atoms with E-state index in [1.807, 2.05) is 0 Å². The van der Waals surface area contributed by atoms with Crippen LogP contribution in [0, 0.1) is 39.9 Å². The van der Waals surface area contributed by atoms with E-state index in [2.05, 4.69) is 159 Å². The van der Waals surface area contributed by atoms with Crippen LogP contribution >= 0.6 is 143 Å². The second kappa shape index (κ2) is 55.7. The Bertz CT molecular complexity index is 4200. The van der Waals surface area contributed by atoms with Crippen LogP contribution < -0.4 is 31.3 Å². The first-order chi connectivity index (χ1) is 59.1. The number of benzene rings is 3. The number of carbonyl (C=O) groups is 9. The van der Waals surface area contributed by atoms with E-state index in [-0.39, 0.29) is 125 Å². The van der Waals surface area contributed by atoms with E-state index < -0.39 is 320 Å². The van der Waals surface area contributed by atoms with Crippen LogP contribution in [0.25, 0.3) is 0 Å². The first-order valence-electron chi connectivity index (χ1n) is 38.1. The van der Waals surface area contributed by atoms with Crippen molar-refractivity contribution in [2.45, 2.75) is 161 Å². The molecular weight excluding hydrogens is 2430 g/mol. The summed E-state index contributed by atoms with van der Waals surface area (Å²) >= 11 is 29.7. The summed E-state index contributed by atoms with van der Waals surface area (Å²) in [5.41, 5.74) is -1.34. The fourth-order valence-electron chi connectivity index (χ4n) is 13.0. The van der Waals surface area contributed by atoms with E-state index in [4.69, 9.17) is 4.98 Å². The van der Waals surface area contributed by atoms with Gasteiger partial charge in [0.2, 0.25) is 17.7 Å². The molecular formula is C74H96Br9GdN10O33. The fraction of sp³-hybridized carbons (Fsp3) is 0.568. The number of hydrogen-bond acceptors (Lipinski definition) is 37. The minimum absolute atomic E-state index is 0. The van der Waals surface area contributed by atoms with Crippen molar-refractivity contribution in [3.05, 3.63) is 105 Å². The van der Waals surface area contributed by atoms with E-state index in [1.165, 1.54) is 51.1 Å². The molecule has 43 nitrogen and oxygen atoms in total. The summed E-state index contributed by atoms with van der Waals surface area (Å²) in [7, 11) is 0. The van der Waals surface area contributed by atoms with Crippen molar-refractivity contribution in [2.75, 3.05) is 121 Å². The first kappa shape index (κ1) is 116. The van der Waals surface area contributed by atoms with Crippen LogP contribution in [0.15, 0.2) is 76.7 Å². The van der Waals surface area contributed by atoms with Crippen molar-refractivity contribution in [3.63, 3.8) is 0 Å². The Hall–Kier alpha value is -3.28. The van der Waals surface area contributed by atoms with Crippen molar-refractivity contribution in [2.24, 2.45) is 0 Å². The quantitative estimate of drug-likeness (QED) is 0.0195.